The van der Waals surface area contributed by atoms with E-state index in [2.05, 4.69) is 0 Å². The van der Waals surface area contributed by atoms with Crippen molar-refractivity contribution in [3.8, 4) is 0 Å². The summed E-state index contributed by atoms with van der Waals surface area (Å²) in [6.45, 7) is 1.50. The molecule has 1 saturated heterocycles. The Hall–Kier alpha value is -0.120. The summed E-state index contributed by atoms with van der Waals surface area (Å²) in [4.78, 5) is 0. The van der Waals surface area contributed by atoms with Crippen LogP contribution in [0, 0.1) is 5.41 Å². The van der Waals surface area contributed by atoms with Crippen molar-refractivity contribution in [2.75, 3.05) is 13.2 Å². The molecule has 0 aromatic rings. The lowest BCUT2D eigenvalue weighted by Crippen LogP contribution is -2.41. The average Bonchev–Trinajstić information content (AvgIpc) is 2.76. The van der Waals surface area contributed by atoms with Gasteiger partial charge in [-0.2, -0.15) is 0 Å². The van der Waals surface area contributed by atoms with E-state index in [-0.39, 0.29) is 11.9 Å². The van der Waals surface area contributed by atoms with E-state index in [9.17, 15) is 5.11 Å². The Kier molecular flexibility index (Phi) is 2.31. The molecule has 15 heavy (non-hydrogen) atoms. The Morgan fingerprint density at radius 3 is 2.53 bits per heavy atom. The van der Waals surface area contributed by atoms with Crippen LogP contribution < -0.4 is 0 Å². The van der Waals surface area contributed by atoms with Crippen molar-refractivity contribution in [3.05, 3.63) is 0 Å². The van der Waals surface area contributed by atoms with E-state index in [1.807, 2.05) is 0 Å². The second-order valence-corrected chi connectivity index (χ2v) is 5.53. The van der Waals surface area contributed by atoms with Crippen LogP contribution in [-0.4, -0.2) is 30.2 Å². The fraction of sp³-hybridized carbons (Fsp3) is 1.00. The van der Waals surface area contributed by atoms with Crippen molar-refractivity contribution in [1.82, 2.24) is 0 Å². The van der Waals surface area contributed by atoms with Crippen molar-refractivity contribution in [3.63, 3.8) is 0 Å². The van der Waals surface area contributed by atoms with Crippen molar-refractivity contribution >= 4 is 0 Å². The van der Waals surface area contributed by atoms with Gasteiger partial charge in [0.1, 0.15) is 0 Å². The molecule has 3 nitrogen and oxygen atoms in total. The van der Waals surface area contributed by atoms with Crippen molar-refractivity contribution in [1.29, 1.82) is 0 Å². The highest BCUT2D eigenvalue weighted by Gasteiger charge is 2.50. The molecule has 0 bridgehead atoms. The molecule has 2 saturated carbocycles. The minimum absolute atomic E-state index is 0.0819. The molecule has 3 heteroatoms. The van der Waals surface area contributed by atoms with E-state index in [0.717, 1.165) is 45.3 Å². The number of rotatable bonds is 0. The lowest BCUT2D eigenvalue weighted by Gasteiger charge is -2.43. The molecule has 1 N–H and O–H groups in total. The van der Waals surface area contributed by atoms with E-state index in [1.165, 1.54) is 12.8 Å². The normalized spacial score (nSPS) is 44.2. The maximum atomic E-state index is 9.70. The number of hydrogen-bond acceptors (Lipinski definition) is 3. The minimum Gasteiger partial charge on any atom is -0.393 e. The second-order valence-electron chi connectivity index (χ2n) is 5.53. The summed E-state index contributed by atoms with van der Waals surface area (Å²) >= 11 is 0. The lowest BCUT2D eigenvalue weighted by atomic mass is 9.70. The van der Waals surface area contributed by atoms with Gasteiger partial charge in [-0.25, -0.2) is 0 Å². The summed E-state index contributed by atoms with van der Waals surface area (Å²) in [6, 6.07) is 0. The monoisotopic (exact) mass is 212 g/mol. The SMILES string of the molecule is O[C@H]1CC[C@@]2(CCCC3(C2)OCCO3)C1. The zero-order valence-electron chi connectivity index (χ0n) is 9.21. The van der Waals surface area contributed by atoms with Crippen LogP contribution in [0.4, 0.5) is 0 Å². The summed E-state index contributed by atoms with van der Waals surface area (Å²) in [7, 11) is 0. The van der Waals surface area contributed by atoms with Gasteiger partial charge in [-0.1, -0.05) is 0 Å². The number of ether oxygens (including phenoxy) is 2. The van der Waals surface area contributed by atoms with E-state index in [0.29, 0.717) is 5.41 Å². The van der Waals surface area contributed by atoms with Crippen LogP contribution in [0.15, 0.2) is 0 Å². The first kappa shape index (κ1) is 10.1. The van der Waals surface area contributed by atoms with Crippen LogP contribution in [0.1, 0.15) is 44.9 Å². The molecule has 0 radical (unpaired) electrons. The van der Waals surface area contributed by atoms with Crippen LogP contribution in [0.3, 0.4) is 0 Å². The number of hydrogen-bond donors (Lipinski definition) is 1. The van der Waals surface area contributed by atoms with Gasteiger partial charge < -0.3 is 14.6 Å². The zero-order chi connectivity index (χ0) is 10.4. The number of aliphatic hydroxyl groups is 1. The highest BCUT2D eigenvalue weighted by Crippen LogP contribution is 2.53. The molecular formula is C12H20O3. The third-order valence-electron chi connectivity index (χ3n) is 4.40. The minimum atomic E-state index is -0.275. The van der Waals surface area contributed by atoms with Gasteiger partial charge in [0.15, 0.2) is 5.79 Å². The first-order valence-electron chi connectivity index (χ1n) is 6.18. The number of aliphatic hydroxyl groups excluding tert-OH is 1. The summed E-state index contributed by atoms with van der Waals surface area (Å²) in [5, 5.41) is 9.70. The third-order valence-corrected chi connectivity index (χ3v) is 4.40. The Morgan fingerprint density at radius 2 is 1.87 bits per heavy atom. The summed E-state index contributed by atoms with van der Waals surface area (Å²) < 4.78 is 11.6. The topological polar surface area (TPSA) is 38.7 Å². The van der Waals surface area contributed by atoms with Gasteiger partial charge in [-0.05, 0) is 37.5 Å². The van der Waals surface area contributed by atoms with E-state index >= 15 is 0 Å². The summed E-state index contributed by atoms with van der Waals surface area (Å²) in [5.41, 5.74) is 0.321. The van der Waals surface area contributed by atoms with Gasteiger partial charge in [0.25, 0.3) is 0 Å². The molecule has 3 rings (SSSR count). The lowest BCUT2D eigenvalue weighted by molar-refractivity contribution is -0.202. The van der Waals surface area contributed by atoms with E-state index < -0.39 is 0 Å². The molecule has 0 unspecified atom stereocenters. The van der Waals surface area contributed by atoms with Crippen molar-refractivity contribution in [2.45, 2.75) is 56.8 Å². The van der Waals surface area contributed by atoms with Crippen LogP contribution in [-0.2, 0) is 9.47 Å². The van der Waals surface area contributed by atoms with E-state index in [1.54, 1.807) is 0 Å². The molecule has 3 fully saturated rings. The smallest absolute Gasteiger partial charge is 0.169 e. The van der Waals surface area contributed by atoms with Gasteiger partial charge in [-0.15, -0.1) is 0 Å². The average molecular weight is 212 g/mol. The molecule has 0 amide bonds. The van der Waals surface area contributed by atoms with Crippen LogP contribution in [0.5, 0.6) is 0 Å². The molecule has 2 aliphatic carbocycles. The summed E-state index contributed by atoms with van der Waals surface area (Å²) in [5.74, 6) is -0.275. The van der Waals surface area contributed by atoms with Gasteiger partial charge in [0.2, 0.25) is 0 Å². The first-order valence-corrected chi connectivity index (χ1v) is 6.18. The van der Waals surface area contributed by atoms with Gasteiger partial charge in [-0.3, -0.25) is 0 Å². The third kappa shape index (κ3) is 1.71. The highest BCUT2D eigenvalue weighted by atomic mass is 16.7. The quantitative estimate of drug-likeness (QED) is 0.666. The van der Waals surface area contributed by atoms with Crippen molar-refractivity contribution < 1.29 is 14.6 Å². The molecule has 3 aliphatic rings. The predicted molar refractivity (Wildman–Crippen MR) is 55.4 cm³/mol. The molecule has 0 aromatic heterocycles. The molecule has 1 aliphatic heterocycles. The van der Waals surface area contributed by atoms with E-state index in [4.69, 9.17) is 9.47 Å². The summed E-state index contributed by atoms with van der Waals surface area (Å²) in [6.07, 6.45) is 7.49. The van der Waals surface area contributed by atoms with Gasteiger partial charge in [0.05, 0.1) is 19.3 Å². The van der Waals surface area contributed by atoms with Gasteiger partial charge >= 0.3 is 0 Å². The molecule has 1 heterocycles. The zero-order valence-corrected chi connectivity index (χ0v) is 9.21. The Bertz CT molecular complexity index is 243. The molecule has 86 valence electrons. The standard InChI is InChI=1S/C12H20O3/c13-10-2-5-11(8-10)3-1-4-12(9-11)14-6-7-15-12/h10,13H,1-9H2/t10-,11-/m0/s1. The Morgan fingerprint density at radius 1 is 1.07 bits per heavy atom. The molecule has 2 spiro atoms. The van der Waals surface area contributed by atoms with Crippen LogP contribution in [0.2, 0.25) is 0 Å². The predicted octanol–water partition coefficient (Wildman–Crippen LogP) is 1.83. The molecule has 2 atom stereocenters. The van der Waals surface area contributed by atoms with Gasteiger partial charge in [0, 0.05) is 12.8 Å². The maximum absolute atomic E-state index is 9.70. The largest absolute Gasteiger partial charge is 0.393 e. The fourth-order valence-corrected chi connectivity index (χ4v) is 3.79. The first-order chi connectivity index (χ1) is 7.22. The Labute approximate surface area is 90.8 Å². The van der Waals surface area contributed by atoms with Crippen molar-refractivity contribution in [2.24, 2.45) is 5.41 Å². The maximum Gasteiger partial charge on any atom is 0.169 e. The van der Waals surface area contributed by atoms with Crippen LogP contribution >= 0.6 is 0 Å². The Balaban J connectivity index is 1.76. The second kappa shape index (κ2) is 3.44. The highest BCUT2D eigenvalue weighted by molar-refractivity contribution is 4.97. The fourth-order valence-electron chi connectivity index (χ4n) is 3.79. The molecule has 0 aromatic carbocycles. The van der Waals surface area contributed by atoms with Crippen LogP contribution in [0.25, 0.3) is 0 Å². The molecular weight excluding hydrogens is 192 g/mol.